The van der Waals surface area contributed by atoms with E-state index in [0.717, 1.165) is 16.7 Å². The third-order valence-corrected chi connectivity index (χ3v) is 4.10. The van der Waals surface area contributed by atoms with Gasteiger partial charge in [0.05, 0.1) is 16.6 Å². The molecule has 0 aliphatic rings. The molecule has 3 aromatic rings. The van der Waals surface area contributed by atoms with E-state index in [2.05, 4.69) is 0 Å². The van der Waals surface area contributed by atoms with Crippen molar-refractivity contribution in [3.05, 3.63) is 70.1 Å². The average Bonchev–Trinajstić information content (AvgIpc) is 2.84. The summed E-state index contributed by atoms with van der Waals surface area (Å²) in [4.78, 5) is 23.6. The Morgan fingerprint density at radius 3 is 2.27 bits per heavy atom. The van der Waals surface area contributed by atoms with Gasteiger partial charge < -0.3 is 5.11 Å². The Morgan fingerprint density at radius 1 is 1.00 bits per heavy atom. The maximum Gasteiger partial charge on any atom is 0.416 e. The molecule has 0 aliphatic carbocycles. The minimum absolute atomic E-state index is 0.146. The third kappa shape index (κ3) is 3.49. The minimum Gasteiger partial charge on any atom is -0.480 e. The van der Waals surface area contributed by atoms with Crippen molar-refractivity contribution in [1.29, 1.82) is 0 Å². The molecule has 0 unspecified atom stereocenters. The van der Waals surface area contributed by atoms with Crippen LogP contribution in [0.5, 0.6) is 0 Å². The smallest absolute Gasteiger partial charge is 0.416 e. The molecule has 0 radical (unpaired) electrons. The van der Waals surface area contributed by atoms with Gasteiger partial charge in [-0.2, -0.15) is 13.2 Å². The van der Waals surface area contributed by atoms with Crippen molar-refractivity contribution < 1.29 is 23.1 Å². The number of aromatic nitrogens is 2. The summed E-state index contributed by atoms with van der Waals surface area (Å²) in [7, 11) is 0. The number of para-hydroxylation sites is 2. The lowest BCUT2D eigenvalue weighted by Crippen LogP contribution is -2.27. The first-order valence-electron chi connectivity index (χ1n) is 7.83. The van der Waals surface area contributed by atoms with Crippen LogP contribution in [0.1, 0.15) is 11.1 Å². The van der Waals surface area contributed by atoms with Crippen LogP contribution >= 0.6 is 0 Å². The van der Waals surface area contributed by atoms with E-state index in [4.69, 9.17) is 5.11 Å². The van der Waals surface area contributed by atoms with Gasteiger partial charge in [0.15, 0.2) is 0 Å². The largest absolute Gasteiger partial charge is 0.480 e. The number of alkyl halides is 3. The zero-order chi connectivity index (χ0) is 18.9. The number of carboxylic acid groups (broad SMARTS) is 1. The summed E-state index contributed by atoms with van der Waals surface area (Å²) in [5.41, 5.74) is 0.229. The van der Waals surface area contributed by atoms with Crippen molar-refractivity contribution in [1.82, 2.24) is 9.13 Å². The fraction of sp³-hybridized carbons (Fsp3) is 0.222. The lowest BCUT2D eigenvalue weighted by atomic mass is 10.1. The van der Waals surface area contributed by atoms with Gasteiger partial charge in [0, 0.05) is 6.54 Å². The Bertz CT molecular complexity index is 1020. The molecule has 1 heterocycles. The van der Waals surface area contributed by atoms with Gasteiger partial charge in [-0.3, -0.25) is 13.9 Å². The van der Waals surface area contributed by atoms with Gasteiger partial charge in [-0.1, -0.05) is 30.3 Å². The molecule has 0 amide bonds. The monoisotopic (exact) mass is 364 g/mol. The Labute approximate surface area is 145 Å². The minimum atomic E-state index is -4.43. The second kappa shape index (κ2) is 6.70. The van der Waals surface area contributed by atoms with Gasteiger partial charge in [0.2, 0.25) is 0 Å². The third-order valence-electron chi connectivity index (χ3n) is 4.10. The molecule has 0 saturated carbocycles. The van der Waals surface area contributed by atoms with E-state index in [9.17, 15) is 22.8 Å². The van der Waals surface area contributed by atoms with Crippen LogP contribution in [-0.4, -0.2) is 20.2 Å². The highest BCUT2D eigenvalue weighted by molar-refractivity contribution is 5.78. The van der Waals surface area contributed by atoms with E-state index >= 15 is 0 Å². The number of fused-ring (bicyclic) bond motifs is 1. The quantitative estimate of drug-likeness (QED) is 0.756. The lowest BCUT2D eigenvalue weighted by Gasteiger charge is -2.09. The number of carboxylic acids is 1. The number of imidazole rings is 1. The van der Waals surface area contributed by atoms with Crippen molar-refractivity contribution >= 4 is 17.0 Å². The number of carbonyl (C=O) groups is 1. The lowest BCUT2D eigenvalue weighted by molar-refractivity contribution is -0.138. The molecule has 1 N–H and O–H groups in total. The van der Waals surface area contributed by atoms with Crippen LogP contribution in [0.2, 0.25) is 0 Å². The zero-order valence-corrected chi connectivity index (χ0v) is 13.5. The van der Waals surface area contributed by atoms with Gasteiger partial charge in [0.1, 0.15) is 6.54 Å². The second-order valence-electron chi connectivity index (χ2n) is 5.85. The van der Waals surface area contributed by atoms with E-state index in [1.54, 1.807) is 30.3 Å². The van der Waals surface area contributed by atoms with E-state index in [-0.39, 0.29) is 13.0 Å². The molecular weight excluding hydrogens is 349 g/mol. The molecule has 3 rings (SSSR count). The van der Waals surface area contributed by atoms with Gasteiger partial charge in [0.25, 0.3) is 0 Å². The summed E-state index contributed by atoms with van der Waals surface area (Å²) in [5.74, 6) is -1.15. The molecular formula is C18H15F3N2O3. The average molecular weight is 364 g/mol. The van der Waals surface area contributed by atoms with Gasteiger partial charge in [-0.25, -0.2) is 4.79 Å². The predicted molar refractivity (Wildman–Crippen MR) is 89.0 cm³/mol. The Balaban J connectivity index is 1.94. The predicted octanol–water partition coefficient (Wildman–Crippen LogP) is 3.15. The van der Waals surface area contributed by atoms with Crippen LogP contribution in [0, 0.1) is 0 Å². The molecule has 0 aliphatic heterocycles. The topological polar surface area (TPSA) is 64.2 Å². The van der Waals surface area contributed by atoms with Crippen LogP contribution in [0.4, 0.5) is 13.2 Å². The standard InChI is InChI=1S/C18H15F3N2O3/c19-18(20,21)13-5-3-4-12(10-13)8-9-22-14-6-1-2-7-15(14)23(17(22)26)11-16(24)25/h1-7,10H,8-9,11H2,(H,24,25). The summed E-state index contributed by atoms with van der Waals surface area (Å²) >= 11 is 0. The fourth-order valence-corrected chi connectivity index (χ4v) is 2.92. The van der Waals surface area contributed by atoms with Gasteiger partial charge in [-0.15, -0.1) is 0 Å². The second-order valence-corrected chi connectivity index (χ2v) is 5.85. The maximum absolute atomic E-state index is 12.8. The SMILES string of the molecule is O=C(O)Cn1c(=O)n(CCc2cccc(C(F)(F)F)c2)c2ccccc21. The number of rotatable bonds is 5. The van der Waals surface area contributed by atoms with Crippen molar-refractivity contribution in [2.24, 2.45) is 0 Å². The number of hydrogen-bond donors (Lipinski definition) is 1. The summed E-state index contributed by atoms with van der Waals surface area (Å²) < 4.78 is 41.0. The summed E-state index contributed by atoms with van der Waals surface area (Å²) in [5, 5.41) is 9.00. The maximum atomic E-state index is 12.8. The van der Waals surface area contributed by atoms with Crippen molar-refractivity contribution in [2.75, 3.05) is 0 Å². The Kier molecular flexibility index (Phi) is 4.58. The highest BCUT2D eigenvalue weighted by Gasteiger charge is 2.30. The van der Waals surface area contributed by atoms with Crippen LogP contribution in [-0.2, 0) is 30.5 Å². The molecule has 2 aromatic carbocycles. The van der Waals surface area contributed by atoms with E-state index in [1.807, 2.05) is 0 Å². The van der Waals surface area contributed by atoms with E-state index < -0.39 is 29.9 Å². The number of halogens is 3. The van der Waals surface area contributed by atoms with Crippen molar-refractivity contribution in [3.63, 3.8) is 0 Å². The molecule has 5 nitrogen and oxygen atoms in total. The first kappa shape index (κ1) is 17.8. The summed E-state index contributed by atoms with van der Waals surface area (Å²) in [6, 6.07) is 11.7. The molecule has 0 spiro atoms. The first-order valence-corrected chi connectivity index (χ1v) is 7.83. The zero-order valence-electron chi connectivity index (χ0n) is 13.5. The van der Waals surface area contributed by atoms with E-state index in [1.165, 1.54) is 10.6 Å². The molecule has 0 atom stereocenters. The summed E-state index contributed by atoms with van der Waals surface area (Å²) in [6.07, 6.45) is -4.21. The molecule has 0 saturated heterocycles. The number of nitrogens with zero attached hydrogens (tertiary/aromatic N) is 2. The number of aryl methyl sites for hydroxylation is 2. The highest BCUT2D eigenvalue weighted by Crippen LogP contribution is 2.29. The normalized spacial score (nSPS) is 11.8. The molecule has 8 heteroatoms. The Hall–Kier alpha value is -3.03. The number of benzene rings is 2. The van der Waals surface area contributed by atoms with Crippen LogP contribution < -0.4 is 5.69 Å². The number of hydrogen-bond acceptors (Lipinski definition) is 2. The fourth-order valence-electron chi connectivity index (χ4n) is 2.92. The molecule has 1 aromatic heterocycles. The van der Waals surface area contributed by atoms with Crippen molar-refractivity contribution in [2.45, 2.75) is 25.7 Å². The van der Waals surface area contributed by atoms with Crippen molar-refractivity contribution in [3.8, 4) is 0 Å². The van der Waals surface area contributed by atoms with Gasteiger partial charge in [-0.05, 0) is 30.2 Å². The van der Waals surface area contributed by atoms with Crippen LogP contribution in [0.15, 0.2) is 53.3 Å². The van der Waals surface area contributed by atoms with Crippen LogP contribution in [0.3, 0.4) is 0 Å². The van der Waals surface area contributed by atoms with Gasteiger partial charge >= 0.3 is 17.8 Å². The number of aliphatic carboxylic acids is 1. The van der Waals surface area contributed by atoms with E-state index in [0.29, 0.717) is 16.6 Å². The highest BCUT2D eigenvalue weighted by atomic mass is 19.4. The summed E-state index contributed by atoms with van der Waals surface area (Å²) in [6.45, 7) is -0.330. The molecule has 136 valence electrons. The first-order chi connectivity index (χ1) is 12.3. The molecule has 0 fully saturated rings. The molecule has 26 heavy (non-hydrogen) atoms. The van der Waals surface area contributed by atoms with Crippen LogP contribution in [0.25, 0.3) is 11.0 Å². The molecule has 0 bridgehead atoms. The Morgan fingerprint density at radius 2 is 1.65 bits per heavy atom.